The van der Waals surface area contributed by atoms with Gasteiger partial charge in [0.15, 0.2) is 0 Å². The highest BCUT2D eigenvalue weighted by molar-refractivity contribution is 6.04. The number of hydrogen-bond acceptors (Lipinski definition) is 3. The maximum Gasteiger partial charge on any atom is 0.255 e. The van der Waals surface area contributed by atoms with Crippen LogP contribution in [-0.4, -0.2) is 12.5 Å². The van der Waals surface area contributed by atoms with Crippen molar-refractivity contribution in [3.8, 4) is 5.75 Å². The van der Waals surface area contributed by atoms with E-state index in [0.717, 1.165) is 6.42 Å². The molecule has 0 atom stereocenters. The predicted octanol–water partition coefficient (Wildman–Crippen LogP) is 3.45. The summed E-state index contributed by atoms with van der Waals surface area (Å²) in [4.78, 5) is 12.0. The summed E-state index contributed by atoms with van der Waals surface area (Å²) in [5, 5.41) is 2.50. The number of ether oxygens (including phenoxy) is 1. The van der Waals surface area contributed by atoms with Crippen molar-refractivity contribution in [2.45, 2.75) is 13.3 Å². The predicted molar refractivity (Wildman–Crippen MR) is 81.0 cm³/mol. The van der Waals surface area contributed by atoms with Crippen molar-refractivity contribution in [1.82, 2.24) is 0 Å². The standard InChI is InChI=1S/C16H17FN2O2/c1-2-9-21-13-6-3-11(4-7-13)16(20)19-15-10-12(18)5-8-14(15)17/h3-8,10H,2,9,18H2,1H3,(H,19,20). The average molecular weight is 288 g/mol. The zero-order valence-corrected chi connectivity index (χ0v) is 11.7. The monoisotopic (exact) mass is 288 g/mol. The van der Waals surface area contributed by atoms with Gasteiger partial charge in [-0.3, -0.25) is 4.79 Å². The number of nitrogens with one attached hydrogen (secondary N) is 1. The molecule has 0 fully saturated rings. The summed E-state index contributed by atoms with van der Waals surface area (Å²) in [6, 6.07) is 10.7. The first-order valence-corrected chi connectivity index (χ1v) is 6.69. The van der Waals surface area contributed by atoms with Crippen molar-refractivity contribution in [2.75, 3.05) is 17.7 Å². The Balaban J connectivity index is 2.07. The van der Waals surface area contributed by atoms with Gasteiger partial charge in [0, 0.05) is 11.3 Å². The van der Waals surface area contributed by atoms with Crippen LogP contribution in [0.25, 0.3) is 0 Å². The second-order valence-electron chi connectivity index (χ2n) is 4.57. The number of carbonyl (C=O) groups is 1. The van der Waals surface area contributed by atoms with Gasteiger partial charge in [0.25, 0.3) is 5.91 Å². The van der Waals surface area contributed by atoms with Gasteiger partial charge in [-0.2, -0.15) is 0 Å². The van der Waals surface area contributed by atoms with E-state index in [2.05, 4.69) is 5.32 Å². The molecule has 2 aromatic carbocycles. The van der Waals surface area contributed by atoms with Crippen molar-refractivity contribution in [2.24, 2.45) is 0 Å². The summed E-state index contributed by atoms with van der Waals surface area (Å²) >= 11 is 0. The highest BCUT2D eigenvalue weighted by atomic mass is 19.1. The molecule has 3 N–H and O–H groups in total. The highest BCUT2D eigenvalue weighted by Crippen LogP contribution is 2.19. The van der Waals surface area contributed by atoms with E-state index >= 15 is 0 Å². The van der Waals surface area contributed by atoms with Gasteiger partial charge < -0.3 is 15.8 Å². The molecule has 110 valence electrons. The Morgan fingerprint density at radius 1 is 1.24 bits per heavy atom. The van der Waals surface area contributed by atoms with Gasteiger partial charge in [-0.25, -0.2) is 4.39 Å². The van der Waals surface area contributed by atoms with Crippen molar-refractivity contribution >= 4 is 17.3 Å². The molecule has 0 spiro atoms. The SMILES string of the molecule is CCCOc1ccc(C(=O)Nc2cc(N)ccc2F)cc1. The van der Waals surface area contributed by atoms with Crippen LogP contribution < -0.4 is 15.8 Å². The molecule has 2 aromatic rings. The lowest BCUT2D eigenvalue weighted by molar-refractivity contribution is 0.102. The lowest BCUT2D eigenvalue weighted by Crippen LogP contribution is -2.13. The number of hydrogen-bond donors (Lipinski definition) is 2. The summed E-state index contributed by atoms with van der Waals surface area (Å²) in [5.74, 6) is -0.231. The van der Waals surface area contributed by atoms with Crippen LogP contribution >= 0.6 is 0 Å². The zero-order chi connectivity index (χ0) is 15.2. The summed E-state index contributed by atoms with van der Waals surface area (Å²) < 4.78 is 19.0. The minimum absolute atomic E-state index is 0.0614. The van der Waals surface area contributed by atoms with Crippen molar-refractivity contribution in [3.63, 3.8) is 0 Å². The number of halogens is 1. The topological polar surface area (TPSA) is 64.3 Å². The molecule has 0 heterocycles. The van der Waals surface area contributed by atoms with Crippen molar-refractivity contribution < 1.29 is 13.9 Å². The van der Waals surface area contributed by atoms with Crippen LogP contribution in [0.15, 0.2) is 42.5 Å². The molecule has 21 heavy (non-hydrogen) atoms. The Kier molecular flexibility index (Phi) is 4.77. The summed E-state index contributed by atoms with van der Waals surface area (Å²) in [7, 11) is 0. The first-order chi connectivity index (χ1) is 10.1. The lowest BCUT2D eigenvalue weighted by atomic mass is 10.2. The van der Waals surface area contributed by atoms with Crippen LogP contribution in [0.1, 0.15) is 23.7 Å². The van der Waals surface area contributed by atoms with E-state index in [-0.39, 0.29) is 5.69 Å². The fourth-order valence-corrected chi connectivity index (χ4v) is 1.76. The van der Waals surface area contributed by atoms with Gasteiger partial charge in [-0.05, 0) is 48.9 Å². The zero-order valence-electron chi connectivity index (χ0n) is 11.7. The largest absolute Gasteiger partial charge is 0.494 e. The maximum absolute atomic E-state index is 13.6. The Morgan fingerprint density at radius 3 is 2.62 bits per heavy atom. The Labute approximate surface area is 122 Å². The van der Waals surface area contributed by atoms with E-state index in [4.69, 9.17) is 10.5 Å². The molecule has 1 amide bonds. The molecule has 2 rings (SSSR count). The van der Waals surface area contributed by atoms with Crippen LogP contribution in [-0.2, 0) is 0 Å². The number of amides is 1. The van der Waals surface area contributed by atoms with E-state index in [1.54, 1.807) is 24.3 Å². The van der Waals surface area contributed by atoms with E-state index in [0.29, 0.717) is 23.6 Å². The molecule has 0 aliphatic heterocycles. The van der Waals surface area contributed by atoms with E-state index in [1.807, 2.05) is 6.92 Å². The third-order valence-electron chi connectivity index (χ3n) is 2.83. The quantitative estimate of drug-likeness (QED) is 0.828. The molecule has 0 radical (unpaired) electrons. The van der Waals surface area contributed by atoms with Crippen LogP contribution in [0.3, 0.4) is 0 Å². The van der Waals surface area contributed by atoms with Gasteiger partial charge in [-0.1, -0.05) is 6.92 Å². The van der Waals surface area contributed by atoms with Crippen LogP contribution in [0.5, 0.6) is 5.75 Å². The van der Waals surface area contributed by atoms with Crippen LogP contribution in [0.4, 0.5) is 15.8 Å². The molecule has 0 aliphatic rings. The minimum atomic E-state index is -0.527. The van der Waals surface area contributed by atoms with Crippen LogP contribution in [0.2, 0.25) is 0 Å². The van der Waals surface area contributed by atoms with Crippen LogP contribution in [0, 0.1) is 5.82 Å². The Morgan fingerprint density at radius 2 is 1.95 bits per heavy atom. The highest BCUT2D eigenvalue weighted by Gasteiger charge is 2.09. The number of benzene rings is 2. The molecule has 0 bridgehead atoms. The molecular weight excluding hydrogens is 271 g/mol. The Hall–Kier alpha value is -2.56. The van der Waals surface area contributed by atoms with Crippen molar-refractivity contribution in [1.29, 1.82) is 0 Å². The van der Waals surface area contributed by atoms with E-state index in [1.165, 1.54) is 18.2 Å². The average Bonchev–Trinajstić information content (AvgIpc) is 2.49. The molecule has 4 nitrogen and oxygen atoms in total. The normalized spacial score (nSPS) is 10.2. The number of rotatable bonds is 5. The van der Waals surface area contributed by atoms with Gasteiger partial charge in [0.05, 0.1) is 12.3 Å². The molecular formula is C16H17FN2O2. The van der Waals surface area contributed by atoms with E-state index in [9.17, 15) is 9.18 Å². The molecule has 0 saturated carbocycles. The number of carbonyl (C=O) groups excluding carboxylic acids is 1. The van der Waals surface area contributed by atoms with Crippen molar-refractivity contribution in [3.05, 3.63) is 53.8 Å². The minimum Gasteiger partial charge on any atom is -0.494 e. The first-order valence-electron chi connectivity index (χ1n) is 6.69. The maximum atomic E-state index is 13.6. The number of anilines is 2. The smallest absolute Gasteiger partial charge is 0.255 e. The van der Waals surface area contributed by atoms with Gasteiger partial charge in [0.1, 0.15) is 11.6 Å². The molecule has 0 aliphatic carbocycles. The van der Waals surface area contributed by atoms with Gasteiger partial charge in [-0.15, -0.1) is 0 Å². The number of nitrogens with two attached hydrogens (primary N) is 1. The van der Waals surface area contributed by atoms with Gasteiger partial charge >= 0.3 is 0 Å². The Bertz CT molecular complexity index is 627. The fraction of sp³-hybridized carbons (Fsp3) is 0.188. The molecule has 0 saturated heterocycles. The van der Waals surface area contributed by atoms with Gasteiger partial charge in [0.2, 0.25) is 0 Å². The first kappa shape index (κ1) is 14.8. The lowest BCUT2D eigenvalue weighted by Gasteiger charge is -2.08. The second kappa shape index (κ2) is 6.74. The molecule has 0 aromatic heterocycles. The van der Waals surface area contributed by atoms with E-state index < -0.39 is 11.7 Å². The molecule has 0 unspecified atom stereocenters. The summed E-state index contributed by atoms with van der Waals surface area (Å²) in [6.45, 7) is 2.64. The fourth-order valence-electron chi connectivity index (χ4n) is 1.76. The number of nitrogen functional groups attached to an aromatic ring is 1. The third kappa shape index (κ3) is 3.95. The molecule has 5 heteroatoms. The summed E-state index contributed by atoms with van der Waals surface area (Å²) in [5.41, 5.74) is 6.44. The second-order valence-corrected chi connectivity index (χ2v) is 4.57. The third-order valence-corrected chi connectivity index (χ3v) is 2.83. The summed E-state index contributed by atoms with van der Waals surface area (Å²) in [6.07, 6.45) is 0.914.